The molecular formula is C52H72ClN3O10. The highest BCUT2D eigenvalue weighted by atomic mass is 35.5. The molecule has 0 saturated carbocycles. The number of hydrogen-bond donors (Lipinski definition) is 3. The molecule has 5 rings (SSSR count). The number of rotatable bonds is 11. The maximum absolute atomic E-state index is 14.4. The Hall–Kier alpha value is -4.05. The smallest absolute Gasteiger partial charge is 0.312 e. The molecule has 2 aliphatic heterocycles. The second kappa shape index (κ2) is 22.8. The fourth-order valence-electron chi connectivity index (χ4n) is 9.67. The average molecular weight is 935 g/mol. The van der Waals surface area contributed by atoms with Crippen LogP contribution >= 0.6 is 11.6 Å². The summed E-state index contributed by atoms with van der Waals surface area (Å²) < 4.78 is 32.2. The number of hydrogen-bond acceptors (Lipinski definition) is 13. The second-order valence-corrected chi connectivity index (χ2v) is 19.5. The molecule has 0 amide bonds. The van der Waals surface area contributed by atoms with Crippen LogP contribution in [0, 0.1) is 23.7 Å². The number of cyclic esters (lactones) is 1. The number of benzene rings is 3. The van der Waals surface area contributed by atoms with Crippen LogP contribution in [0.5, 0.6) is 0 Å². The number of ether oxygens (including phenoxy) is 5. The minimum absolute atomic E-state index is 0.119. The summed E-state index contributed by atoms with van der Waals surface area (Å²) in [5.41, 5.74) is 1.48. The van der Waals surface area contributed by atoms with E-state index in [-0.39, 0.29) is 31.4 Å². The SMILES string of the molecule is CCC1OC(=O)C(C)C(OC(=O)Cc2ccc(Cl)cc2)C(C)C(OC2OC(C)CC(N(C)C)C2O)C(C)(OC)CC(C)C(=NN=C(C)c2ccc(-c3ccccc3)cc2)C(C)C(O)C1(C)O. The van der Waals surface area contributed by atoms with Crippen LogP contribution in [0.4, 0.5) is 0 Å². The highest BCUT2D eigenvalue weighted by molar-refractivity contribution is 6.30. The lowest BCUT2D eigenvalue weighted by Crippen LogP contribution is -2.60. The fraction of sp³-hybridized carbons (Fsp3) is 0.577. The summed E-state index contributed by atoms with van der Waals surface area (Å²) in [7, 11) is 5.33. The number of nitrogens with zero attached hydrogens (tertiary/aromatic N) is 3. The van der Waals surface area contributed by atoms with Crippen LogP contribution < -0.4 is 0 Å². The van der Waals surface area contributed by atoms with E-state index in [2.05, 4.69) is 0 Å². The number of carbonyl (C=O) groups is 2. The van der Waals surface area contributed by atoms with Crippen LogP contribution in [0.1, 0.15) is 92.7 Å². The average Bonchev–Trinajstić information content (AvgIpc) is 3.29. The Kier molecular flexibility index (Phi) is 18.3. The molecule has 362 valence electrons. The zero-order chi connectivity index (χ0) is 48.7. The molecule has 0 aliphatic carbocycles. The van der Waals surface area contributed by atoms with Crippen LogP contribution in [0.25, 0.3) is 11.1 Å². The Morgan fingerprint density at radius 1 is 0.924 bits per heavy atom. The van der Waals surface area contributed by atoms with E-state index in [1.54, 1.807) is 52.1 Å². The molecule has 3 N–H and O–H groups in total. The molecule has 13 nitrogen and oxygen atoms in total. The number of carbonyl (C=O) groups excluding carboxylic acids is 2. The largest absolute Gasteiger partial charge is 0.461 e. The Morgan fingerprint density at radius 2 is 1.55 bits per heavy atom. The second-order valence-electron chi connectivity index (χ2n) is 19.1. The van der Waals surface area contributed by atoms with Gasteiger partial charge in [0.2, 0.25) is 0 Å². The van der Waals surface area contributed by atoms with Gasteiger partial charge in [-0.3, -0.25) is 9.59 Å². The standard InChI is InChI=1S/C52H72ClN3O10/c1-13-42-52(9,61)47(59)32(4)44(55-54-35(7)37-21-23-39(24-22-37)38-17-15-14-16-18-38)30(2)29-51(8,62-12)48(66-50-45(58)41(56(10)11)27-31(3)63-50)33(5)46(34(6)49(60)64-42)65-43(57)28-36-19-25-40(53)26-20-36/h14-26,30-34,41-42,45-48,50,58-59,61H,13,27-29H2,1-12H3. The molecule has 14 atom stereocenters. The first kappa shape index (κ1) is 52.9. The Balaban J connectivity index is 1.64. The van der Waals surface area contributed by atoms with Gasteiger partial charge < -0.3 is 43.9 Å². The third-order valence-electron chi connectivity index (χ3n) is 13.8. The topological polar surface area (TPSA) is 169 Å². The number of aliphatic hydroxyl groups is 3. The molecular weight excluding hydrogens is 862 g/mol. The molecule has 14 heteroatoms. The maximum atomic E-state index is 14.4. The van der Waals surface area contributed by atoms with Crippen LogP contribution in [-0.4, -0.2) is 125 Å². The molecule has 2 heterocycles. The third-order valence-corrected chi connectivity index (χ3v) is 14.0. The molecule has 0 radical (unpaired) electrons. The van der Waals surface area contributed by atoms with E-state index >= 15 is 0 Å². The molecule has 0 bridgehead atoms. The molecule has 66 heavy (non-hydrogen) atoms. The Bertz CT molecular complexity index is 2120. The number of esters is 2. The number of aliphatic hydroxyl groups excluding tert-OH is 2. The Morgan fingerprint density at radius 3 is 2.14 bits per heavy atom. The van der Waals surface area contributed by atoms with E-state index in [1.807, 2.05) is 108 Å². The highest BCUT2D eigenvalue weighted by Gasteiger charge is 2.52. The molecule has 2 fully saturated rings. The summed E-state index contributed by atoms with van der Waals surface area (Å²) in [4.78, 5) is 30.3. The summed E-state index contributed by atoms with van der Waals surface area (Å²) in [5, 5.41) is 46.3. The van der Waals surface area contributed by atoms with E-state index in [0.29, 0.717) is 28.4 Å². The number of methoxy groups -OCH3 is 1. The van der Waals surface area contributed by atoms with Gasteiger partial charge in [0.05, 0.1) is 42.0 Å². The minimum Gasteiger partial charge on any atom is -0.461 e. The van der Waals surface area contributed by atoms with Crippen molar-refractivity contribution in [1.82, 2.24) is 4.90 Å². The highest BCUT2D eigenvalue weighted by Crippen LogP contribution is 2.40. The van der Waals surface area contributed by atoms with Crippen LogP contribution in [0.2, 0.25) is 5.02 Å². The quantitative estimate of drug-likeness (QED) is 0.0971. The van der Waals surface area contributed by atoms with Gasteiger partial charge in [-0.25, -0.2) is 0 Å². The fourth-order valence-corrected chi connectivity index (χ4v) is 9.80. The molecule has 2 aliphatic rings. The van der Waals surface area contributed by atoms with Gasteiger partial charge >= 0.3 is 11.9 Å². The lowest BCUT2D eigenvalue weighted by atomic mass is 9.73. The van der Waals surface area contributed by atoms with Crippen molar-refractivity contribution in [2.45, 2.75) is 148 Å². The summed E-state index contributed by atoms with van der Waals surface area (Å²) in [6.45, 7) is 16.0. The molecule has 3 aromatic carbocycles. The van der Waals surface area contributed by atoms with Crippen molar-refractivity contribution in [3.05, 3.63) is 95.0 Å². The van der Waals surface area contributed by atoms with Gasteiger partial charge in [-0.05, 0) is 108 Å². The zero-order valence-corrected chi connectivity index (χ0v) is 41.4. The molecule has 14 unspecified atom stereocenters. The predicted octanol–water partition coefficient (Wildman–Crippen LogP) is 7.92. The van der Waals surface area contributed by atoms with Gasteiger partial charge in [0.1, 0.15) is 23.9 Å². The first-order valence-corrected chi connectivity index (χ1v) is 23.5. The van der Waals surface area contributed by atoms with Gasteiger partial charge in [-0.1, -0.05) is 106 Å². The van der Waals surface area contributed by atoms with Gasteiger partial charge in [-0.15, -0.1) is 0 Å². The summed E-state index contributed by atoms with van der Waals surface area (Å²) >= 11 is 6.14. The molecule has 0 spiro atoms. The van der Waals surface area contributed by atoms with Gasteiger partial charge in [-0.2, -0.15) is 10.2 Å². The zero-order valence-electron chi connectivity index (χ0n) is 40.7. The monoisotopic (exact) mass is 933 g/mol. The lowest BCUT2D eigenvalue weighted by molar-refractivity contribution is -0.301. The van der Waals surface area contributed by atoms with E-state index in [1.165, 1.54) is 6.92 Å². The molecule has 2 saturated heterocycles. The third kappa shape index (κ3) is 12.5. The van der Waals surface area contributed by atoms with Crippen LogP contribution in [-0.2, 0) is 39.7 Å². The van der Waals surface area contributed by atoms with E-state index < -0.39 is 83.6 Å². The van der Waals surface area contributed by atoms with Crippen molar-refractivity contribution < 1.29 is 48.6 Å². The molecule has 0 aromatic heterocycles. The van der Waals surface area contributed by atoms with Gasteiger partial charge in [0.25, 0.3) is 0 Å². The lowest BCUT2D eigenvalue weighted by Gasteiger charge is -2.48. The number of likely N-dealkylation sites (N-methyl/N-ethyl adjacent to an activating group) is 1. The number of halogens is 1. The van der Waals surface area contributed by atoms with Crippen molar-refractivity contribution in [3.8, 4) is 11.1 Å². The van der Waals surface area contributed by atoms with Gasteiger partial charge in [0.15, 0.2) is 6.29 Å². The van der Waals surface area contributed by atoms with Crippen LogP contribution in [0.15, 0.2) is 89.1 Å². The normalized spacial score (nSPS) is 34.7. The van der Waals surface area contributed by atoms with E-state index in [4.69, 9.17) is 45.5 Å². The van der Waals surface area contributed by atoms with Crippen molar-refractivity contribution in [3.63, 3.8) is 0 Å². The van der Waals surface area contributed by atoms with Crippen molar-refractivity contribution in [1.29, 1.82) is 0 Å². The first-order valence-electron chi connectivity index (χ1n) is 23.1. The molecule has 3 aromatic rings. The summed E-state index contributed by atoms with van der Waals surface area (Å²) in [6, 6.07) is 24.6. The van der Waals surface area contributed by atoms with E-state index in [0.717, 1.165) is 16.7 Å². The van der Waals surface area contributed by atoms with Crippen molar-refractivity contribution >= 4 is 35.0 Å². The van der Waals surface area contributed by atoms with Gasteiger partial charge in [0, 0.05) is 35.7 Å². The van der Waals surface area contributed by atoms with Crippen molar-refractivity contribution in [2.24, 2.45) is 33.9 Å². The van der Waals surface area contributed by atoms with Crippen molar-refractivity contribution in [2.75, 3.05) is 21.2 Å². The summed E-state index contributed by atoms with van der Waals surface area (Å²) in [5.74, 6) is -4.60. The van der Waals surface area contributed by atoms with E-state index in [9.17, 15) is 24.9 Å². The minimum atomic E-state index is -1.96. The first-order chi connectivity index (χ1) is 31.1. The Labute approximate surface area is 396 Å². The van der Waals surface area contributed by atoms with Crippen LogP contribution in [0.3, 0.4) is 0 Å². The summed E-state index contributed by atoms with van der Waals surface area (Å²) in [6.07, 6.45) is -6.57. The predicted molar refractivity (Wildman–Crippen MR) is 257 cm³/mol. The maximum Gasteiger partial charge on any atom is 0.312 e.